The van der Waals surface area contributed by atoms with E-state index in [0.717, 1.165) is 18.5 Å². The van der Waals surface area contributed by atoms with Crippen molar-refractivity contribution in [2.75, 3.05) is 13.7 Å². The molecule has 0 amide bonds. The van der Waals surface area contributed by atoms with Gasteiger partial charge in [-0.05, 0) is 26.7 Å². The molecule has 1 rings (SSSR count). The summed E-state index contributed by atoms with van der Waals surface area (Å²) in [6.07, 6.45) is 2.15. The van der Waals surface area contributed by atoms with Gasteiger partial charge in [-0.15, -0.1) is 11.3 Å². The molecule has 102 valence electrons. The van der Waals surface area contributed by atoms with Crippen LogP contribution < -0.4 is 0 Å². The largest absolute Gasteiger partial charge is 0.468 e. The van der Waals surface area contributed by atoms with E-state index in [4.69, 9.17) is 4.74 Å². The van der Waals surface area contributed by atoms with E-state index in [-0.39, 0.29) is 5.97 Å². The third-order valence-corrected chi connectivity index (χ3v) is 3.68. The molecule has 1 heterocycles. The average Bonchev–Trinajstić information content (AvgIpc) is 2.76. The fourth-order valence-corrected chi connectivity index (χ4v) is 2.50. The van der Waals surface area contributed by atoms with Gasteiger partial charge in [0.05, 0.1) is 24.4 Å². The first kappa shape index (κ1) is 15.1. The Morgan fingerprint density at radius 3 is 2.83 bits per heavy atom. The zero-order valence-electron chi connectivity index (χ0n) is 11.6. The Bertz CT molecular complexity index is 377. The molecule has 18 heavy (non-hydrogen) atoms. The lowest BCUT2D eigenvalue weighted by Gasteiger charge is -2.24. The van der Waals surface area contributed by atoms with Gasteiger partial charge in [0.1, 0.15) is 0 Å². The molecule has 0 bridgehead atoms. The van der Waals surface area contributed by atoms with E-state index in [1.165, 1.54) is 12.1 Å². The Morgan fingerprint density at radius 1 is 1.56 bits per heavy atom. The van der Waals surface area contributed by atoms with Crippen LogP contribution >= 0.6 is 11.3 Å². The molecule has 0 saturated heterocycles. The molecule has 5 heteroatoms. The van der Waals surface area contributed by atoms with E-state index < -0.39 is 0 Å². The van der Waals surface area contributed by atoms with Crippen LogP contribution in [0.25, 0.3) is 0 Å². The number of methoxy groups -OCH3 is 1. The zero-order chi connectivity index (χ0) is 13.5. The van der Waals surface area contributed by atoms with E-state index in [0.29, 0.717) is 19.1 Å². The van der Waals surface area contributed by atoms with Gasteiger partial charge < -0.3 is 4.74 Å². The second-order valence-electron chi connectivity index (χ2n) is 4.56. The summed E-state index contributed by atoms with van der Waals surface area (Å²) in [4.78, 5) is 18.0. The minimum atomic E-state index is -0.201. The highest BCUT2D eigenvalue weighted by Crippen LogP contribution is 2.14. The van der Waals surface area contributed by atoms with Crippen LogP contribution in [0.1, 0.15) is 37.9 Å². The zero-order valence-corrected chi connectivity index (χ0v) is 12.4. The number of ether oxygens (including phenoxy) is 1. The molecular weight excluding hydrogens is 248 g/mol. The fourth-order valence-electron chi connectivity index (χ4n) is 1.61. The highest BCUT2D eigenvalue weighted by molar-refractivity contribution is 7.09. The molecule has 0 aromatic carbocycles. The minimum absolute atomic E-state index is 0.201. The van der Waals surface area contributed by atoms with Crippen LogP contribution in [0, 0.1) is 0 Å². The van der Waals surface area contributed by atoms with E-state index in [9.17, 15) is 4.79 Å². The monoisotopic (exact) mass is 270 g/mol. The number of hydrogen-bond donors (Lipinski definition) is 0. The molecule has 0 N–H and O–H groups in total. The molecule has 0 aliphatic rings. The fraction of sp³-hybridized carbons (Fsp3) is 0.692. The highest BCUT2D eigenvalue weighted by atomic mass is 32.1. The Kier molecular flexibility index (Phi) is 6.29. The summed E-state index contributed by atoms with van der Waals surface area (Å²) >= 11 is 1.70. The molecule has 0 fully saturated rings. The van der Waals surface area contributed by atoms with Crippen LogP contribution in [-0.4, -0.2) is 35.5 Å². The summed E-state index contributed by atoms with van der Waals surface area (Å²) in [6, 6.07) is 0.292. The minimum Gasteiger partial charge on any atom is -0.468 e. The van der Waals surface area contributed by atoms with E-state index in [1.54, 1.807) is 11.3 Å². The van der Waals surface area contributed by atoms with Gasteiger partial charge in [0.2, 0.25) is 0 Å². The van der Waals surface area contributed by atoms with Crippen LogP contribution in [0.4, 0.5) is 0 Å². The second-order valence-corrected chi connectivity index (χ2v) is 5.50. The number of carbonyl (C=O) groups excluding carboxylic acids is 1. The molecular formula is C13H22N2O2S. The van der Waals surface area contributed by atoms with Gasteiger partial charge in [-0.3, -0.25) is 9.69 Å². The third kappa shape index (κ3) is 4.74. The van der Waals surface area contributed by atoms with E-state index in [2.05, 4.69) is 36.0 Å². The van der Waals surface area contributed by atoms with Crippen molar-refractivity contribution in [3.63, 3.8) is 0 Å². The summed E-state index contributed by atoms with van der Waals surface area (Å²) < 4.78 is 4.71. The number of aryl methyl sites for hydroxylation is 1. The lowest BCUT2D eigenvalue weighted by atomic mass is 10.3. The normalized spacial score (nSPS) is 11.2. The standard InChI is InChI=1S/C13H22N2O2S/c1-5-6-12-14-11(9-18-12)7-15(10(2)3)8-13(16)17-4/h9-10H,5-8H2,1-4H3. The van der Waals surface area contributed by atoms with Crippen molar-refractivity contribution in [1.82, 2.24) is 9.88 Å². The maximum absolute atomic E-state index is 11.3. The smallest absolute Gasteiger partial charge is 0.319 e. The van der Waals surface area contributed by atoms with Gasteiger partial charge in [0.25, 0.3) is 0 Å². The van der Waals surface area contributed by atoms with Crippen LogP contribution in [0.2, 0.25) is 0 Å². The summed E-state index contributed by atoms with van der Waals surface area (Å²) in [5.74, 6) is -0.201. The SMILES string of the molecule is CCCc1nc(CN(CC(=O)OC)C(C)C)cs1. The van der Waals surface area contributed by atoms with Gasteiger partial charge in [-0.25, -0.2) is 4.98 Å². The van der Waals surface area contributed by atoms with Gasteiger partial charge in [0, 0.05) is 18.0 Å². The third-order valence-electron chi connectivity index (χ3n) is 2.72. The van der Waals surface area contributed by atoms with Gasteiger partial charge in [-0.1, -0.05) is 6.92 Å². The molecule has 0 aliphatic heterocycles. The maximum Gasteiger partial charge on any atom is 0.319 e. The number of esters is 1. The first-order chi connectivity index (χ1) is 8.56. The molecule has 1 aromatic rings. The van der Waals surface area contributed by atoms with Crippen LogP contribution in [-0.2, 0) is 22.5 Å². The van der Waals surface area contributed by atoms with Gasteiger partial charge in [0.15, 0.2) is 0 Å². The topological polar surface area (TPSA) is 42.4 Å². The number of aromatic nitrogens is 1. The van der Waals surface area contributed by atoms with Crippen molar-refractivity contribution < 1.29 is 9.53 Å². The number of thiazole rings is 1. The van der Waals surface area contributed by atoms with Gasteiger partial charge in [-0.2, -0.15) is 0 Å². The maximum atomic E-state index is 11.3. The van der Waals surface area contributed by atoms with E-state index >= 15 is 0 Å². The molecule has 0 spiro atoms. The molecule has 0 saturated carbocycles. The lowest BCUT2D eigenvalue weighted by Crippen LogP contribution is -2.35. The van der Waals surface area contributed by atoms with Crippen molar-refractivity contribution in [2.24, 2.45) is 0 Å². The number of carbonyl (C=O) groups is 1. The molecule has 4 nitrogen and oxygen atoms in total. The van der Waals surface area contributed by atoms with Crippen LogP contribution in [0.15, 0.2) is 5.38 Å². The first-order valence-electron chi connectivity index (χ1n) is 6.31. The number of rotatable bonds is 7. The highest BCUT2D eigenvalue weighted by Gasteiger charge is 2.16. The molecule has 1 aromatic heterocycles. The van der Waals surface area contributed by atoms with Crippen LogP contribution in [0.3, 0.4) is 0 Å². The first-order valence-corrected chi connectivity index (χ1v) is 7.18. The predicted molar refractivity (Wildman–Crippen MR) is 73.7 cm³/mol. The Labute approximate surface area is 113 Å². The molecule has 0 aliphatic carbocycles. The van der Waals surface area contributed by atoms with Crippen LogP contribution in [0.5, 0.6) is 0 Å². The molecule has 0 unspecified atom stereocenters. The molecule has 0 atom stereocenters. The second kappa shape index (κ2) is 7.48. The summed E-state index contributed by atoms with van der Waals surface area (Å²) in [6.45, 7) is 7.31. The van der Waals surface area contributed by atoms with Crippen molar-refractivity contribution in [1.29, 1.82) is 0 Å². The van der Waals surface area contributed by atoms with Gasteiger partial charge >= 0.3 is 5.97 Å². The Balaban J connectivity index is 2.61. The number of nitrogens with zero attached hydrogens (tertiary/aromatic N) is 2. The quantitative estimate of drug-likeness (QED) is 0.714. The van der Waals surface area contributed by atoms with E-state index in [1.807, 2.05) is 0 Å². The Morgan fingerprint density at radius 2 is 2.28 bits per heavy atom. The Hall–Kier alpha value is -0.940. The summed E-state index contributed by atoms with van der Waals surface area (Å²) in [5, 5.41) is 3.26. The van der Waals surface area contributed by atoms with Crippen molar-refractivity contribution in [3.8, 4) is 0 Å². The predicted octanol–water partition coefficient (Wildman–Crippen LogP) is 2.48. The van der Waals surface area contributed by atoms with Crippen molar-refractivity contribution >= 4 is 17.3 Å². The summed E-state index contributed by atoms with van der Waals surface area (Å²) in [5.41, 5.74) is 1.04. The average molecular weight is 270 g/mol. The van der Waals surface area contributed by atoms with Crippen molar-refractivity contribution in [2.45, 2.75) is 46.2 Å². The number of hydrogen-bond acceptors (Lipinski definition) is 5. The lowest BCUT2D eigenvalue weighted by molar-refractivity contribution is -0.142. The van der Waals surface area contributed by atoms with Crippen molar-refractivity contribution in [3.05, 3.63) is 16.1 Å². The molecule has 0 radical (unpaired) electrons. The summed E-state index contributed by atoms with van der Waals surface area (Å²) in [7, 11) is 1.42.